The Labute approximate surface area is 193 Å². The van der Waals surface area contributed by atoms with Gasteiger partial charge in [-0.25, -0.2) is 4.98 Å². The maximum atomic E-state index is 12.0. The van der Waals surface area contributed by atoms with E-state index in [1.807, 2.05) is 46.3 Å². The molecule has 0 N–H and O–H groups in total. The number of furan rings is 1. The number of hydrogen-bond acceptors (Lipinski definition) is 9. The fraction of sp³-hybridized carbons (Fsp3) is 0.273. The summed E-state index contributed by atoms with van der Waals surface area (Å²) in [7, 11) is 1.65. The molecule has 32 heavy (non-hydrogen) atoms. The van der Waals surface area contributed by atoms with Crippen molar-refractivity contribution in [3.8, 4) is 16.3 Å². The molecule has 0 spiro atoms. The summed E-state index contributed by atoms with van der Waals surface area (Å²) >= 11 is 3.10. The first-order valence-electron chi connectivity index (χ1n) is 9.98. The molecule has 166 valence electrons. The number of carbonyl (C=O) groups excluding carboxylic acids is 1. The molecule has 0 aliphatic heterocycles. The van der Waals surface area contributed by atoms with Crippen molar-refractivity contribution >= 4 is 29.1 Å². The number of carbonyl (C=O) groups is 1. The Kier molecular flexibility index (Phi) is 7.23. The van der Waals surface area contributed by atoms with Gasteiger partial charge < -0.3 is 13.9 Å². The number of thioether (sulfide) groups is 1. The number of rotatable bonds is 10. The van der Waals surface area contributed by atoms with Gasteiger partial charge in [-0.2, -0.15) is 0 Å². The molecule has 0 fully saturated rings. The summed E-state index contributed by atoms with van der Waals surface area (Å²) in [4.78, 5) is 16.7. The minimum atomic E-state index is -0.334. The van der Waals surface area contributed by atoms with E-state index < -0.39 is 0 Å². The van der Waals surface area contributed by atoms with Crippen LogP contribution in [0, 0.1) is 0 Å². The van der Waals surface area contributed by atoms with Crippen LogP contribution in [0.3, 0.4) is 0 Å². The Bertz CT molecular complexity index is 1170. The van der Waals surface area contributed by atoms with E-state index in [1.165, 1.54) is 11.8 Å². The van der Waals surface area contributed by atoms with Crippen LogP contribution < -0.4 is 4.74 Å². The van der Waals surface area contributed by atoms with Crippen molar-refractivity contribution in [1.29, 1.82) is 0 Å². The number of ether oxygens (including phenoxy) is 2. The van der Waals surface area contributed by atoms with Crippen LogP contribution in [0.2, 0.25) is 0 Å². The molecular weight excluding hydrogens is 448 g/mol. The van der Waals surface area contributed by atoms with Gasteiger partial charge >= 0.3 is 5.97 Å². The van der Waals surface area contributed by atoms with Gasteiger partial charge in [0.2, 0.25) is 0 Å². The largest absolute Gasteiger partial charge is 0.497 e. The van der Waals surface area contributed by atoms with Crippen LogP contribution >= 0.6 is 23.1 Å². The number of hydrogen-bond donors (Lipinski definition) is 0. The molecule has 0 aliphatic rings. The minimum Gasteiger partial charge on any atom is -0.497 e. The lowest BCUT2D eigenvalue weighted by atomic mass is 10.2. The molecule has 0 bridgehead atoms. The van der Waals surface area contributed by atoms with Crippen molar-refractivity contribution in [2.75, 3.05) is 13.7 Å². The molecule has 4 rings (SSSR count). The number of nitrogens with zero attached hydrogens (tertiary/aromatic N) is 4. The predicted molar refractivity (Wildman–Crippen MR) is 122 cm³/mol. The van der Waals surface area contributed by atoms with Crippen molar-refractivity contribution < 1.29 is 18.7 Å². The topological polar surface area (TPSA) is 92.3 Å². The van der Waals surface area contributed by atoms with Crippen LogP contribution in [0.1, 0.15) is 24.2 Å². The van der Waals surface area contributed by atoms with Crippen LogP contribution in [-0.2, 0) is 28.2 Å². The molecule has 1 aromatic carbocycles. The van der Waals surface area contributed by atoms with Crippen molar-refractivity contribution in [2.45, 2.75) is 30.8 Å². The van der Waals surface area contributed by atoms with Gasteiger partial charge in [0.15, 0.2) is 5.16 Å². The summed E-state index contributed by atoms with van der Waals surface area (Å²) in [5.74, 6) is 2.38. The molecular formula is C22H22N4O4S2. The van der Waals surface area contributed by atoms with Crippen LogP contribution in [0.4, 0.5) is 0 Å². The number of thiazole rings is 1. The second-order valence-corrected chi connectivity index (χ2v) is 8.51. The summed E-state index contributed by atoms with van der Waals surface area (Å²) in [5, 5.41) is 12.2. The fourth-order valence-electron chi connectivity index (χ4n) is 3.02. The molecule has 10 heteroatoms. The first-order chi connectivity index (χ1) is 15.7. The van der Waals surface area contributed by atoms with Gasteiger partial charge in [0.05, 0.1) is 32.2 Å². The molecule has 0 atom stereocenters. The molecule has 3 aromatic heterocycles. The van der Waals surface area contributed by atoms with Crippen molar-refractivity contribution in [3.63, 3.8) is 0 Å². The zero-order chi connectivity index (χ0) is 22.3. The first-order valence-corrected chi connectivity index (χ1v) is 11.8. The van der Waals surface area contributed by atoms with Crippen molar-refractivity contribution in [2.24, 2.45) is 0 Å². The zero-order valence-corrected chi connectivity index (χ0v) is 19.3. The van der Waals surface area contributed by atoms with E-state index in [1.54, 1.807) is 31.6 Å². The van der Waals surface area contributed by atoms with Gasteiger partial charge in [-0.1, -0.05) is 23.9 Å². The van der Waals surface area contributed by atoms with Crippen LogP contribution in [0.5, 0.6) is 5.75 Å². The molecule has 0 saturated heterocycles. The van der Waals surface area contributed by atoms with Gasteiger partial charge in [0.25, 0.3) is 0 Å². The van der Waals surface area contributed by atoms with Crippen LogP contribution in [0.25, 0.3) is 10.6 Å². The third-order valence-corrected chi connectivity index (χ3v) is 6.45. The Balaban J connectivity index is 1.49. The highest BCUT2D eigenvalue weighted by Crippen LogP contribution is 2.29. The Morgan fingerprint density at radius 2 is 2.16 bits per heavy atom. The van der Waals surface area contributed by atoms with Crippen molar-refractivity contribution in [1.82, 2.24) is 19.7 Å². The monoisotopic (exact) mass is 470 g/mol. The average molecular weight is 471 g/mol. The van der Waals surface area contributed by atoms with E-state index in [9.17, 15) is 4.79 Å². The van der Waals surface area contributed by atoms with Gasteiger partial charge in [-0.05, 0) is 31.2 Å². The van der Waals surface area contributed by atoms with E-state index in [4.69, 9.17) is 18.9 Å². The smallest absolute Gasteiger partial charge is 0.313 e. The quantitative estimate of drug-likeness (QED) is 0.248. The van der Waals surface area contributed by atoms with E-state index in [2.05, 4.69) is 10.2 Å². The van der Waals surface area contributed by atoms with Gasteiger partial charge in [-0.15, -0.1) is 21.5 Å². The summed E-state index contributed by atoms with van der Waals surface area (Å²) in [5.41, 5.74) is 1.96. The maximum Gasteiger partial charge on any atom is 0.313 e. The molecule has 4 aromatic rings. The van der Waals surface area contributed by atoms with E-state index in [0.717, 1.165) is 27.8 Å². The summed E-state index contributed by atoms with van der Waals surface area (Å²) in [6.07, 6.45) is 1.67. The predicted octanol–water partition coefficient (Wildman–Crippen LogP) is 4.45. The second-order valence-electron chi connectivity index (χ2n) is 6.71. The van der Waals surface area contributed by atoms with E-state index >= 15 is 0 Å². The molecule has 0 saturated carbocycles. The Morgan fingerprint density at radius 1 is 1.25 bits per heavy atom. The lowest BCUT2D eigenvalue weighted by Crippen LogP contribution is -2.13. The fourth-order valence-corrected chi connectivity index (χ4v) is 4.79. The standard InChI is InChI=1S/C22H22N4O4S2/c1-3-29-20(27)11-19-24-25-22(26(19)12-18-8-5-9-30-18)32-14-16-13-31-21(23-16)15-6-4-7-17(10-15)28-2/h4-10,13H,3,11-12,14H2,1-2H3. The van der Waals surface area contributed by atoms with Crippen LogP contribution in [0.15, 0.2) is 57.6 Å². The number of benzene rings is 1. The van der Waals surface area contributed by atoms with Crippen LogP contribution in [-0.4, -0.2) is 39.4 Å². The van der Waals surface area contributed by atoms with Gasteiger partial charge in [0.1, 0.15) is 28.8 Å². The van der Waals surface area contributed by atoms with E-state index in [0.29, 0.717) is 29.9 Å². The third kappa shape index (κ3) is 5.38. The normalized spacial score (nSPS) is 10.9. The summed E-state index contributed by atoms with van der Waals surface area (Å²) < 4.78 is 17.7. The highest BCUT2D eigenvalue weighted by atomic mass is 32.2. The lowest BCUT2D eigenvalue weighted by molar-refractivity contribution is -0.142. The molecule has 0 unspecified atom stereocenters. The third-order valence-electron chi connectivity index (χ3n) is 4.51. The Hall–Kier alpha value is -3.11. The Morgan fingerprint density at radius 3 is 2.94 bits per heavy atom. The van der Waals surface area contributed by atoms with Gasteiger partial charge in [0, 0.05) is 16.7 Å². The zero-order valence-electron chi connectivity index (χ0n) is 17.7. The molecule has 8 nitrogen and oxygen atoms in total. The number of esters is 1. The highest BCUT2D eigenvalue weighted by molar-refractivity contribution is 7.98. The average Bonchev–Trinajstić information content (AvgIpc) is 3.56. The maximum absolute atomic E-state index is 12.0. The number of aromatic nitrogens is 4. The summed E-state index contributed by atoms with van der Waals surface area (Å²) in [6.45, 7) is 2.54. The minimum absolute atomic E-state index is 0.0544. The second kappa shape index (κ2) is 10.5. The number of methoxy groups -OCH3 is 1. The van der Waals surface area contributed by atoms with E-state index in [-0.39, 0.29) is 12.4 Å². The van der Waals surface area contributed by atoms with Gasteiger partial charge in [-0.3, -0.25) is 9.36 Å². The summed E-state index contributed by atoms with van der Waals surface area (Å²) in [6, 6.07) is 11.5. The molecule has 0 radical (unpaired) electrons. The lowest BCUT2D eigenvalue weighted by Gasteiger charge is -2.08. The SMILES string of the molecule is CCOC(=O)Cc1nnc(SCc2csc(-c3cccc(OC)c3)n2)n1Cc1ccco1. The van der Waals surface area contributed by atoms with Crippen molar-refractivity contribution in [3.05, 3.63) is 65.3 Å². The first kappa shape index (κ1) is 22.1. The molecule has 0 amide bonds. The molecule has 0 aliphatic carbocycles. The molecule has 3 heterocycles. The highest BCUT2D eigenvalue weighted by Gasteiger charge is 2.18.